The minimum atomic E-state index is -0.247. The molecule has 1 amide bonds. The van der Waals surface area contributed by atoms with Crippen molar-refractivity contribution in [3.8, 4) is 0 Å². The molecule has 1 atom stereocenters. The van der Waals surface area contributed by atoms with Crippen molar-refractivity contribution in [2.45, 2.75) is 6.04 Å². The number of carbonyl (C=O) groups is 1. The highest BCUT2D eigenvalue weighted by Crippen LogP contribution is 2.25. The third-order valence-corrected chi connectivity index (χ3v) is 4.59. The van der Waals surface area contributed by atoms with Crippen LogP contribution < -0.4 is 5.32 Å². The Morgan fingerprint density at radius 3 is 2.08 bits per heavy atom. The lowest BCUT2D eigenvalue weighted by Crippen LogP contribution is -2.29. The number of nitrogens with one attached hydrogen (secondary N) is 1. The zero-order valence-electron chi connectivity index (χ0n) is 12.7. The van der Waals surface area contributed by atoms with Crippen LogP contribution in [0, 0.1) is 0 Å². The molecule has 0 unspecified atom stereocenters. The van der Waals surface area contributed by atoms with Crippen molar-refractivity contribution in [3.63, 3.8) is 0 Å². The van der Waals surface area contributed by atoms with Crippen LogP contribution in [0.5, 0.6) is 0 Å². The summed E-state index contributed by atoms with van der Waals surface area (Å²) >= 11 is 9.59. The first-order valence-electron chi connectivity index (χ1n) is 7.51. The maximum absolute atomic E-state index is 12.7. The van der Waals surface area contributed by atoms with Crippen LogP contribution in [0.3, 0.4) is 0 Å². The molecule has 24 heavy (non-hydrogen) atoms. The van der Waals surface area contributed by atoms with Gasteiger partial charge in [-0.1, -0.05) is 82.1 Å². The molecule has 0 aliphatic heterocycles. The van der Waals surface area contributed by atoms with E-state index in [0.29, 0.717) is 10.6 Å². The molecule has 0 saturated heterocycles. The topological polar surface area (TPSA) is 29.1 Å². The van der Waals surface area contributed by atoms with E-state index in [1.807, 2.05) is 60.7 Å². The lowest BCUT2D eigenvalue weighted by Gasteiger charge is -2.20. The van der Waals surface area contributed by atoms with E-state index in [1.165, 1.54) is 0 Å². The van der Waals surface area contributed by atoms with Gasteiger partial charge in [0.15, 0.2) is 0 Å². The van der Waals surface area contributed by atoms with Gasteiger partial charge in [0.1, 0.15) is 0 Å². The summed E-state index contributed by atoms with van der Waals surface area (Å²) in [5, 5.41) is 3.53. The molecule has 3 aromatic rings. The van der Waals surface area contributed by atoms with Crippen LogP contribution >= 0.6 is 27.5 Å². The molecule has 0 spiro atoms. The highest BCUT2D eigenvalue weighted by atomic mass is 79.9. The summed E-state index contributed by atoms with van der Waals surface area (Å²) in [7, 11) is 0. The second kappa shape index (κ2) is 7.65. The van der Waals surface area contributed by atoms with E-state index in [2.05, 4.69) is 21.2 Å². The van der Waals surface area contributed by atoms with Crippen molar-refractivity contribution in [1.29, 1.82) is 0 Å². The molecule has 2 nitrogen and oxygen atoms in total. The van der Waals surface area contributed by atoms with E-state index in [9.17, 15) is 4.79 Å². The van der Waals surface area contributed by atoms with Crippen molar-refractivity contribution in [2.75, 3.05) is 0 Å². The highest BCUT2D eigenvalue weighted by molar-refractivity contribution is 9.10. The molecule has 0 aromatic heterocycles. The maximum Gasteiger partial charge on any atom is 0.253 e. The summed E-state index contributed by atoms with van der Waals surface area (Å²) in [6.45, 7) is 0. The monoisotopic (exact) mass is 399 g/mol. The van der Waals surface area contributed by atoms with Crippen molar-refractivity contribution in [3.05, 3.63) is 105 Å². The first-order chi connectivity index (χ1) is 11.6. The highest BCUT2D eigenvalue weighted by Gasteiger charge is 2.19. The average molecular weight is 401 g/mol. The summed E-state index contributed by atoms with van der Waals surface area (Å²) in [5.41, 5.74) is 2.49. The Kier molecular flexibility index (Phi) is 5.34. The van der Waals surface area contributed by atoms with Crippen LogP contribution in [0.2, 0.25) is 5.02 Å². The number of hydrogen-bond acceptors (Lipinski definition) is 1. The molecule has 3 aromatic carbocycles. The molecule has 0 radical (unpaired) electrons. The maximum atomic E-state index is 12.7. The molecule has 120 valence electrons. The largest absolute Gasteiger partial charge is 0.341 e. The number of carbonyl (C=O) groups excluding carboxylic acids is 1. The minimum Gasteiger partial charge on any atom is -0.341 e. The van der Waals surface area contributed by atoms with E-state index < -0.39 is 0 Å². The zero-order valence-corrected chi connectivity index (χ0v) is 15.1. The van der Waals surface area contributed by atoms with Gasteiger partial charge in [0.2, 0.25) is 0 Å². The number of rotatable bonds is 4. The van der Waals surface area contributed by atoms with E-state index in [-0.39, 0.29) is 11.9 Å². The zero-order chi connectivity index (χ0) is 16.9. The van der Waals surface area contributed by atoms with Gasteiger partial charge < -0.3 is 5.32 Å². The Morgan fingerprint density at radius 2 is 1.42 bits per heavy atom. The van der Waals surface area contributed by atoms with Crippen molar-refractivity contribution < 1.29 is 4.79 Å². The lowest BCUT2D eigenvalue weighted by atomic mass is 9.98. The summed E-state index contributed by atoms with van der Waals surface area (Å²) in [5.74, 6) is -0.197. The summed E-state index contributed by atoms with van der Waals surface area (Å²) in [4.78, 5) is 12.7. The molecule has 4 heteroatoms. The number of amides is 1. The fraction of sp³-hybridized carbons (Fsp3) is 0.0500. The van der Waals surface area contributed by atoms with E-state index in [1.54, 1.807) is 18.2 Å². The number of benzene rings is 3. The SMILES string of the molecule is O=C(N[C@H](c1ccccc1)c1ccc(Br)cc1)c1ccccc1Cl. The Hall–Kier alpha value is -2.10. The van der Waals surface area contributed by atoms with E-state index in [0.717, 1.165) is 15.6 Å². The summed E-state index contributed by atoms with van der Waals surface area (Å²) < 4.78 is 0.996. The Balaban J connectivity index is 1.95. The molecule has 1 N–H and O–H groups in total. The molecular formula is C20H15BrClNO. The molecule has 0 fully saturated rings. The first kappa shape index (κ1) is 16.7. The summed E-state index contributed by atoms with van der Waals surface area (Å²) in [6, 6.07) is 24.6. The molecule has 0 saturated carbocycles. The van der Waals surface area contributed by atoms with Crippen LogP contribution in [0.4, 0.5) is 0 Å². The summed E-state index contributed by atoms with van der Waals surface area (Å²) in [6.07, 6.45) is 0. The van der Waals surface area contributed by atoms with Crippen molar-refractivity contribution in [1.82, 2.24) is 5.32 Å². The van der Waals surface area contributed by atoms with Gasteiger partial charge in [-0.15, -0.1) is 0 Å². The fourth-order valence-corrected chi connectivity index (χ4v) is 3.00. The van der Waals surface area contributed by atoms with Crippen LogP contribution in [-0.4, -0.2) is 5.91 Å². The van der Waals surface area contributed by atoms with Gasteiger partial charge in [-0.25, -0.2) is 0 Å². The van der Waals surface area contributed by atoms with E-state index >= 15 is 0 Å². The van der Waals surface area contributed by atoms with Gasteiger partial charge in [0.05, 0.1) is 16.6 Å². The standard InChI is InChI=1S/C20H15BrClNO/c21-16-12-10-15(11-13-16)19(14-6-2-1-3-7-14)23-20(24)17-8-4-5-9-18(17)22/h1-13,19H,(H,23,24)/t19-/m1/s1. The average Bonchev–Trinajstić information content (AvgIpc) is 2.61. The third kappa shape index (κ3) is 3.86. The Labute approximate surface area is 154 Å². The third-order valence-electron chi connectivity index (χ3n) is 3.73. The molecule has 0 heterocycles. The Morgan fingerprint density at radius 1 is 0.833 bits per heavy atom. The van der Waals surface area contributed by atoms with Gasteiger partial charge in [-0.2, -0.15) is 0 Å². The number of halogens is 2. The predicted octanol–water partition coefficient (Wildman–Crippen LogP) is 5.62. The van der Waals surface area contributed by atoms with Gasteiger partial charge in [0, 0.05) is 4.47 Å². The van der Waals surface area contributed by atoms with E-state index in [4.69, 9.17) is 11.6 Å². The molecule has 0 aliphatic carbocycles. The van der Waals surface area contributed by atoms with Gasteiger partial charge in [-0.3, -0.25) is 4.79 Å². The van der Waals surface area contributed by atoms with Crippen LogP contribution in [0.1, 0.15) is 27.5 Å². The minimum absolute atomic E-state index is 0.197. The quantitative estimate of drug-likeness (QED) is 0.605. The van der Waals surface area contributed by atoms with Crippen molar-refractivity contribution in [2.24, 2.45) is 0 Å². The van der Waals surface area contributed by atoms with Gasteiger partial charge in [-0.05, 0) is 35.4 Å². The second-order valence-electron chi connectivity index (χ2n) is 5.35. The molecular weight excluding hydrogens is 386 g/mol. The second-order valence-corrected chi connectivity index (χ2v) is 6.67. The molecule has 0 aliphatic rings. The number of hydrogen-bond donors (Lipinski definition) is 1. The van der Waals surface area contributed by atoms with Crippen LogP contribution in [0.25, 0.3) is 0 Å². The predicted molar refractivity (Wildman–Crippen MR) is 101 cm³/mol. The van der Waals surface area contributed by atoms with Gasteiger partial charge in [0.25, 0.3) is 5.91 Å². The van der Waals surface area contributed by atoms with Gasteiger partial charge >= 0.3 is 0 Å². The Bertz CT molecular complexity index is 834. The van der Waals surface area contributed by atoms with Crippen LogP contribution in [-0.2, 0) is 0 Å². The lowest BCUT2D eigenvalue weighted by molar-refractivity contribution is 0.0943. The fourth-order valence-electron chi connectivity index (χ4n) is 2.51. The first-order valence-corrected chi connectivity index (χ1v) is 8.68. The molecule has 0 bridgehead atoms. The molecule has 3 rings (SSSR count). The van der Waals surface area contributed by atoms with Crippen LogP contribution in [0.15, 0.2) is 83.3 Å². The smallest absolute Gasteiger partial charge is 0.253 e. The van der Waals surface area contributed by atoms with Crippen molar-refractivity contribution >= 4 is 33.4 Å². The normalized spacial score (nSPS) is 11.8.